The van der Waals surface area contributed by atoms with E-state index < -0.39 is 0 Å². The van der Waals surface area contributed by atoms with Crippen molar-refractivity contribution in [3.63, 3.8) is 0 Å². The summed E-state index contributed by atoms with van der Waals surface area (Å²) < 4.78 is 9.52. The molecule has 0 aliphatic rings. The lowest BCUT2D eigenvalue weighted by Crippen LogP contribution is -2.42. The second kappa shape index (κ2) is 7.35. The smallest absolute Gasteiger partial charge is 0.258 e. The second-order valence-corrected chi connectivity index (χ2v) is 4.77. The Morgan fingerprint density at radius 2 is 2.05 bits per heavy atom. The van der Waals surface area contributed by atoms with E-state index >= 15 is 0 Å². The van der Waals surface area contributed by atoms with E-state index in [1.807, 2.05) is 77.1 Å². The van der Waals surface area contributed by atoms with Gasteiger partial charge in [0.25, 0.3) is 13.5 Å². The molecule has 2 aromatic heterocycles. The van der Waals surface area contributed by atoms with Gasteiger partial charge in [-0.25, -0.2) is 0 Å². The van der Waals surface area contributed by atoms with E-state index in [4.69, 9.17) is 9.94 Å². The molecule has 0 spiro atoms. The molecule has 0 fully saturated rings. The molecular formula is C15H20N4O2+2. The predicted octanol–water partition coefficient (Wildman–Crippen LogP) is 0.768. The summed E-state index contributed by atoms with van der Waals surface area (Å²) in [5.41, 5.74) is 1.88. The van der Waals surface area contributed by atoms with Gasteiger partial charge in [-0.05, 0) is 12.1 Å². The van der Waals surface area contributed by atoms with Crippen LogP contribution >= 0.6 is 0 Å². The Morgan fingerprint density at radius 1 is 1.19 bits per heavy atom. The summed E-state index contributed by atoms with van der Waals surface area (Å²) in [5.74, 6) is 0. The van der Waals surface area contributed by atoms with Crippen LogP contribution in [0.2, 0.25) is 0 Å². The standard InChI is InChI=1S/C15H19N4O2/c1-17(2)15-7-5-8-18(11-15)12-21-13-19-9-4-3-6-14(19)10-16-20/h3-11H,12-13H2,1-2H3/q+1/p+1. The fourth-order valence-electron chi connectivity index (χ4n) is 1.88. The monoisotopic (exact) mass is 288 g/mol. The van der Waals surface area contributed by atoms with Crippen molar-refractivity contribution >= 4 is 11.9 Å². The maximum absolute atomic E-state index is 8.64. The average molecular weight is 288 g/mol. The highest BCUT2D eigenvalue weighted by Crippen LogP contribution is 2.04. The summed E-state index contributed by atoms with van der Waals surface area (Å²) in [4.78, 5) is 2.04. The zero-order chi connectivity index (χ0) is 15.1. The van der Waals surface area contributed by atoms with Gasteiger partial charge < -0.3 is 10.1 Å². The van der Waals surface area contributed by atoms with Crippen LogP contribution < -0.4 is 14.0 Å². The fraction of sp³-hybridized carbons (Fsp3) is 0.267. The minimum absolute atomic E-state index is 0.376. The van der Waals surface area contributed by atoms with Gasteiger partial charge in [-0.2, -0.15) is 9.13 Å². The molecule has 0 unspecified atom stereocenters. The number of ether oxygens (including phenoxy) is 1. The van der Waals surface area contributed by atoms with Crippen LogP contribution in [-0.4, -0.2) is 25.5 Å². The van der Waals surface area contributed by atoms with Crippen molar-refractivity contribution in [3.05, 3.63) is 54.6 Å². The zero-order valence-corrected chi connectivity index (χ0v) is 12.3. The lowest BCUT2D eigenvalue weighted by Gasteiger charge is -2.09. The number of hydrogen-bond acceptors (Lipinski definition) is 4. The molecule has 0 aliphatic heterocycles. The molecule has 2 heterocycles. The van der Waals surface area contributed by atoms with Gasteiger partial charge in [0, 0.05) is 32.3 Å². The molecule has 0 amide bonds. The van der Waals surface area contributed by atoms with Crippen LogP contribution in [0.3, 0.4) is 0 Å². The highest BCUT2D eigenvalue weighted by Gasteiger charge is 2.09. The summed E-state index contributed by atoms with van der Waals surface area (Å²) in [6.45, 7) is 0.820. The predicted molar refractivity (Wildman–Crippen MR) is 78.1 cm³/mol. The van der Waals surface area contributed by atoms with Crippen LogP contribution in [0.1, 0.15) is 5.69 Å². The molecule has 6 heteroatoms. The molecule has 0 bridgehead atoms. The van der Waals surface area contributed by atoms with Gasteiger partial charge in [0.1, 0.15) is 11.9 Å². The summed E-state index contributed by atoms with van der Waals surface area (Å²) in [7, 11) is 4.00. The Balaban J connectivity index is 1.97. The van der Waals surface area contributed by atoms with Gasteiger partial charge in [-0.3, -0.25) is 4.74 Å². The molecule has 0 aliphatic carbocycles. The number of hydrogen-bond donors (Lipinski definition) is 1. The normalized spacial score (nSPS) is 11.0. The molecule has 0 radical (unpaired) electrons. The van der Waals surface area contributed by atoms with Crippen LogP contribution in [0.15, 0.2) is 54.1 Å². The summed E-state index contributed by atoms with van der Waals surface area (Å²) in [6, 6.07) is 9.65. The van der Waals surface area contributed by atoms with E-state index in [2.05, 4.69) is 5.16 Å². The number of nitrogens with zero attached hydrogens (tertiary/aromatic N) is 4. The van der Waals surface area contributed by atoms with Crippen molar-refractivity contribution in [2.45, 2.75) is 13.5 Å². The molecule has 0 saturated heterocycles. The van der Waals surface area contributed by atoms with Gasteiger partial charge >= 0.3 is 0 Å². The Labute approximate surface area is 124 Å². The highest BCUT2D eigenvalue weighted by molar-refractivity contribution is 5.74. The highest BCUT2D eigenvalue weighted by atomic mass is 16.5. The maximum atomic E-state index is 8.64. The Bertz CT molecular complexity index is 614. The van der Waals surface area contributed by atoms with Gasteiger partial charge in [0.05, 0.1) is 0 Å². The van der Waals surface area contributed by atoms with Crippen molar-refractivity contribution < 1.29 is 19.1 Å². The zero-order valence-electron chi connectivity index (χ0n) is 12.3. The molecule has 0 saturated carbocycles. The van der Waals surface area contributed by atoms with E-state index in [1.54, 1.807) is 0 Å². The van der Waals surface area contributed by atoms with Gasteiger partial charge in [0.15, 0.2) is 18.6 Å². The van der Waals surface area contributed by atoms with Crippen molar-refractivity contribution in [2.24, 2.45) is 5.16 Å². The summed E-state index contributed by atoms with van der Waals surface area (Å²) in [5, 5.41) is 11.7. The van der Waals surface area contributed by atoms with Crippen molar-refractivity contribution in [3.8, 4) is 0 Å². The number of pyridine rings is 2. The van der Waals surface area contributed by atoms with E-state index in [0.717, 1.165) is 11.4 Å². The minimum atomic E-state index is 0.376. The molecule has 21 heavy (non-hydrogen) atoms. The van der Waals surface area contributed by atoms with Crippen molar-refractivity contribution in [1.29, 1.82) is 0 Å². The van der Waals surface area contributed by atoms with E-state index in [1.165, 1.54) is 6.21 Å². The average Bonchev–Trinajstić information content (AvgIpc) is 2.49. The first kappa shape index (κ1) is 14.9. The minimum Gasteiger partial charge on any atom is -0.411 e. The van der Waals surface area contributed by atoms with E-state index in [0.29, 0.717) is 13.5 Å². The third-order valence-corrected chi connectivity index (χ3v) is 3.00. The van der Waals surface area contributed by atoms with Gasteiger partial charge in [0.2, 0.25) is 5.69 Å². The van der Waals surface area contributed by atoms with Gasteiger partial charge in [-0.15, -0.1) is 0 Å². The summed E-state index contributed by atoms with van der Waals surface area (Å²) in [6.07, 6.45) is 7.23. The number of aromatic nitrogens is 2. The fourth-order valence-corrected chi connectivity index (χ4v) is 1.88. The topological polar surface area (TPSA) is 52.8 Å². The third-order valence-electron chi connectivity index (χ3n) is 3.00. The molecule has 1 N–H and O–H groups in total. The molecule has 110 valence electrons. The lowest BCUT2D eigenvalue weighted by atomic mass is 10.3. The molecule has 0 atom stereocenters. The molecule has 0 aromatic carbocycles. The first-order valence-corrected chi connectivity index (χ1v) is 6.61. The first-order chi connectivity index (χ1) is 10.2. The van der Waals surface area contributed by atoms with Crippen LogP contribution in [-0.2, 0) is 18.2 Å². The third kappa shape index (κ3) is 4.25. The molecule has 2 aromatic rings. The van der Waals surface area contributed by atoms with E-state index in [-0.39, 0.29) is 0 Å². The van der Waals surface area contributed by atoms with Crippen LogP contribution in [0.4, 0.5) is 5.69 Å². The largest absolute Gasteiger partial charge is 0.411 e. The van der Waals surface area contributed by atoms with Gasteiger partial charge in [-0.1, -0.05) is 5.16 Å². The quantitative estimate of drug-likeness (QED) is 0.370. The van der Waals surface area contributed by atoms with Crippen molar-refractivity contribution in [1.82, 2.24) is 0 Å². The number of rotatable bonds is 6. The Morgan fingerprint density at radius 3 is 2.81 bits per heavy atom. The van der Waals surface area contributed by atoms with E-state index in [9.17, 15) is 0 Å². The molecular weight excluding hydrogens is 268 g/mol. The second-order valence-electron chi connectivity index (χ2n) is 4.77. The Kier molecular flexibility index (Phi) is 5.22. The molecule has 6 nitrogen and oxygen atoms in total. The summed E-state index contributed by atoms with van der Waals surface area (Å²) >= 11 is 0. The van der Waals surface area contributed by atoms with Crippen molar-refractivity contribution in [2.75, 3.05) is 19.0 Å². The first-order valence-electron chi connectivity index (χ1n) is 6.61. The van der Waals surface area contributed by atoms with Crippen LogP contribution in [0, 0.1) is 0 Å². The Hall–Kier alpha value is -2.47. The maximum Gasteiger partial charge on any atom is 0.258 e. The van der Waals surface area contributed by atoms with Crippen LogP contribution in [0.5, 0.6) is 0 Å². The van der Waals surface area contributed by atoms with Crippen LogP contribution in [0.25, 0.3) is 0 Å². The molecule has 2 rings (SSSR count). The lowest BCUT2D eigenvalue weighted by molar-refractivity contribution is -0.788. The number of oxime groups is 1. The number of anilines is 1. The SMILES string of the molecule is CN(C)c1ccc[n+](COC[n+]2ccccc2/C=N\O)c1.